The predicted octanol–water partition coefficient (Wildman–Crippen LogP) is 1.70. The third-order valence-electron chi connectivity index (χ3n) is 2.11. The van der Waals surface area contributed by atoms with Crippen LogP contribution in [-0.4, -0.2) is 29.8 Å². The van der Waals surface area contributed by atoms with Gasteiger partial charge < -0.3 is 0 Å². The maximum Gasteiger partial charge on any atom is 0.146 e. The molecule has 0 aliphatic heterocycles. The van der Waals surface area contributed by atoms with Crippen molar-refractivity contribution in [2.24, 2.45) is 0 Å². The lowest BCUT2D eigenvalue weighted by molar-refractivity contribution is -0.122. The van der Waals surface area contributed by atoms with Gasteiger partial charge in [0, 0.05) is 0 Å². The molecular formula is C9H19NO. The molecule has 0 rings (SSSR count). The minimum Gasteiger partial charge on any atom is -0.298 e. The molecule has 0 saturated heterocycles. The first kappa shape index (κ1) is 10.6. The number of hydrogen-bond donors (Lipinski definition) is 0. The summed E-state index contributed by atoms with van der Waals surface area (Å²) in [6.07, 6.45) is 0.928. The van der Waals surface area contributed by atoms with Crippen LogP contribution < -0.4 is 0 Å². The first-order valence-corrected chi connectivity index (χ1v) is 4.41. The topological polar surface area (TPSA) is 20.3 Å². The van der Waals surface area contributed by atoms with Crippen LogP contribution in [-0.2, 0) is 4.79 Å². The lowest BCUT2D eigenvalue weighted by atomic mass is 10.1. The molecule has 1 unspecified atom stereocenters. The Morgan fingerprint density at radius 1 is 1.27 bits per heavy atom. The molecule has 0 aliphatic carbocycles. The standard InChI is InChI=1S/C9H19NO/c1-5-9(8(4)11)10(6-2)7-3/h9H,5-7H2,1-4H3. The average Bonchev–Trinajstić information content (AvgIpc) is 1.99. The minimum atomic E-state index is 0.144. The van der Waals surface area contributed by atoms with Crippen molar-refractivity contribution in [3.8, 4) is 0 Å². The Bertz CT molecular complexity index is 119. The van der Waals surface area contributed by atoms with Gasteiger partial charge in [0.05, 0.1) is 6.04 Å². The number of carbonyl (C=O) groups is 1. The first-order chi connectivity index (χ1) is 5.17. The second-order valence-electron chi connectivity index (χ2n) is 2.76. The van der Waals surface area contributed by atoms with Crippen molar-refractivity contribution in [1.82, 2.24) is 4.90 Å². The number of ketones is 1. The van der Waals surface area contributed by atoms with Crippen molar-refractivity contribution in [2.75, 3.05) is 13.1 Å². The molecule has 66 valence electrons. The zero-order valence-electron chi connectivity index (χ0n) is 8.05. The van der Waals surface area contributed by atoms with E-state index in [9.17, 15) is 4.79 Å². The summed E-state index contributed by atoms with van der Waals surface area (Å²) in [6, 6.07) is 0.144. The Morgan fingerprint density at radius 2 is 1.73 bits per heavy atom. The molecule has 0 fully saturated rings. The smallest absolute Gasteiger partial charge is 0.146 e. The van der Waals surface area contributed by atoms with Gasteiger partial charge in [-0.3, -0.25) is 9.69 Å². The van der Waals surface area contributed by atoms with E-state index in [-0.39, 0.29) is 11.8 Å². The summed E-state index contributed by atoms with van der Waals surface area (Å²) >= 11 is 0. The van der Waals surface area contributed by atoms with Gasteiger partial charge in [-0.05, 0) is 26.4 Å². The van der Waals surface area contributed by atoms with E-state index >= 15 is 0 Å². The molecule has 0 amide bonds. The Morgan fingerprint density at radius 3 is 1.82 bits per heavy atom. The van der Waals surface area contributed by atoms with Crippen LogP contribution in [0.1, 0.15) is 34.1 Å². The normalized spacial score (nSPS) is 13.5. The number of hydrogen-bond acceptors (Lipinski definition) is 2. The number of rotatable bonds is 5. The van der Waals surface area contributed by atoms with E-state index < -0.39 is 0 Å². The van der Waals surface area contributed by atoms with E-state index in [1.165, 1.54) is 0 Å². The highest BCUT2D eigenvalue weighted by atomic mass is 16.1. The van der Waals surface area contributed by atoms with Crippen LogP contribution >= 0.6 is 0 Å². The lowest BCUT2D eigenvalue weighted by Gasteiger charge is -2.26. The van der Waals surface area contributed by atoms with Gasteiger partial charge in [0.15, 0.2) is 0 Å². The third kappa shape index (κ3) is 3.02. The fraction of sp³-hybridized carbons (Fsp3) is 0.889. The number of likely N-dealkylation sites (N-methyl/N-ethyl adjacent to an activating group) is 1. The maximum atomic E-state index is 11.1. The van der Waals surface area contributed by atoms with Crippen LogP contribution in [0.15, 0.2) is 0 Å². The minimum absolute atomic E-state index is 0.144. The summed E-state index contributed by atoms with van der Waals surface area (Å²) < 4.78 is 0. The number of nitrogens with zero attached hydrogens (tertiary/aromatic N) is 1. The van der Waals surface area contributed by atoms with Crippen molar-refractivity contribution in [3.05, 3.63) is 0 Å². The van der Waals surface area contributed by atoms with Crippen LogP contribution in [0.25, 0.3) is 0 Å². The van der Waals surface area contributed by atoms with Gasteiger partial charge in [0.25, 0.3) is 0 Å². The highest BCUT2D eigenvalue weighted by molar-refractivity contribution is 5.81. The zero-order valence-corrected chi connectivity index (χ0v) is 8.05. The van der Waals surface area contributed by atoms with E-state index in [4.69, 9.17) is 0 Å². The summed E-state index contributed by atoms with van der Waals surface area (Å²) in [5.41, 5.74) is 0. The highest BCUT2D eigenvalue weighted by Crippen LogP contribution is 2.04. The Labute approximate surface area is 69.6 Å². The van der Waals surface area contributed by atoms with Crippen LogP contribution in [0.4, 0.5) is 0 Å². The second kappa shape index (κ2) is 5.30. The highest BCUT2D eigenvalue weighted by Gasteiger charge is 2.17. The molecule has 1 atom stereocenters. The molecule has 0 heterocycles. The van der Waals surface area contributed by atoms with Gasteiger partial charge >= 0.3 is 0 Å². The molecule has 0 aliphatic rings. The molecule has 0 spiro atoms. The van der Waals surface area contributed by atoms with Gasteiger partial charge in [-0.2, -0.15) is 0 Å². The summed E-state index contributed by atoms with van der Waals surface area (Å²) in [4.78, 5) is 13.3. The molecule has 0 aromatic rings. The van der Waals surface area contributed by atoms with Gasteiger partial charge in [-0.25, -0.2) is 0 Å². The quantitative estimate of drug-likeness (QED) is 0.605. The SMILES string of the molecule is CCC(C(C)=O)N(CC)CC. The van der Waals surface area contributed by atoms with Gasteiger partial charge in [-0.15, -0.1) is 0 Å². The summed E-state index contributed by atoms with van der Waals surface area (Å²) in [5, 5.41) is 0. The van der Waals surface area contributed by atoms with Crippen molar-refractivity contribution in [3.63, 3.8) is 0 Å². The van der Waals surface area contributed by atoms with Crippen LogP contribution in [0.2, 0.25) is 0 Å². The van der Waals surface area contributed by atoms with Crippen molar-refractivity contribution < 1.29 is 4.79 Å². The summed E-state index contributed by atoms with van der Waals surface area (Å²) in [5.74, 6) is 0.288. The van der Waals surface area contributed by atoms with Crippen molar-refractivity contribution >= 4 is 5.78 Å². The lowest BCUT2D eigenvalue weighted by Crippen LogP contribution is -2.39. The van der Waals surface area contributed by atoms with Crippen molar-refractivity contribution in [1.29, 1.82) is 0 Å². The number of Topliss-reactive ketones (excluding diaryl/α,β-unsaturated/α-hetero) is 1. The molecule has 0 aromatic heterocycles. The molecule has 2 heteroatoms. The molecular weight excluding hydrogens is 138 g/mol. The molecule has 0 saturated carbocycles. The van der Waals surface area contributed by atoms with E-state index in [1.54, 1.807) is 6.92 Å². The first-order valence-electron chi connectivity index (χ1n) is 4.41. The Balaban J connectivity index is 4.09. The molecule has 0 aromatic carbocycles. The predicted molar refractivity (Wildman–Crippen MR) is 47.7 cm³/mol. The van der Waals surface area contributed by atoms with E-state index in [2.05, 4.69) is 25.7 Å². The van der Waals surface area contributed by atoms with Crippen LogP contribution in [0, 0.1) is 0 Å². The van der Waals surface area contributed by atoms with Gasteiger partial charge in [0.2, 0.25) is 0 Å². The molecule has 2 nitrogen and oxygen atoms in total. The monoisotopic (exact) mass is 157 g/mol. The fourth-order valence-electron chi connectivity index (χ4n) is 1.47. The van der Waals surface area contributed by atoms with E-state index in [0.717, 1.165) is 19.5 Å². The maximum absolute atomic E-state index is 11.1. The van der Waals surface area contributed by atoms with E-state index in [0.29, 0.717) is 0 Å². The fourth-order valence-corrected chi connectivity index (χ4v) is 1.47. The second-order valence-corrected chi connectivity index (χ2v) is 2.76. The summed E-state index contributed by atoms with van der Waals surface area (Å²) in [7, 11) is 0. The summed E-state index contributed by atoms with van der Waals surface area (Å²) in [6.45, 7) is 9.85. The molecule has 0 radical (unpaired) electrons. The van der Waals surface area contributed by atoms with E-state index in [1.807, 2.05) is 0 Å². The third-order valence-corrected chi connectivity index (χ3v) is 2.11. The molecule has 0 N–H and O–H groups in total. The number of carbonyl (C=O) groups excluding carboxylic acids is 1. The largest absolute Gasteiger partial charge is 0.298 e. The van der Waals surface area contributed by atoms with Gasteiger partial charge in [-0.1, -0.05) is 20.8 Å². The molecule has 11 heavy (non-hydrogen) atoms. The van der Waals surface area contributed by atoms with Crippen molar-refractivity contribution in [2.45, 2.75) is 40.2 Å². The van der Waals surface area contributed by atoms with Gasteiger partial charge in [0.1, 0.15) is 5.78 Å². The zero-order chi connectivity index (χ0) is 8.85. The Hall–Kier alpha value is -0.370. The Kier molecular flexibility index (Phi) is 5.12. The van der Waals surface area contributed by atoms with Crippen LogP contribution in [0.3, 0.4) is 0 Å². The average molecular weight is 157 g/mol. The molecule has 0 bridgehead atoms. The van der Waals surface area contributed by atoms with Crippen LogP contribution in [0.5, 0.6) is 0 Å².